The number of nitrogens with one attached hydrogen (secondary N) is 2. The minimum absolute atomic E-state index is 0.00955. The number of carbonyl (C=O) groups is 2. The molecule has 31 heavy (non-hydrogen) atoms. The molecule has 6 nitrogen and oxygen atoms in total. The second-order valence-corrected chi connectivity index (χ2v) is 10.2. The van der Waals surface area contributed by atoms with Crippen molar-refractivity contribution in [2.45, 2.75) is 37.0 Å². The van der Waals surface area contributed by atoms with Crippen LogP contribution in [0.1, 0.15) is 42.5 Å². The predicted octanol–water partition coefficient (Wildman–Crippen LogP) is 5.31. The first-order chi connectivity index (χ1) is 15.2. The van der Waals surface area contributed by atoms with Gasteiger partial charge in [-0.25, -0.2) is 0 Å². The molecule has 2 amide bonds. The summed E-state index contributed by atoms with van der Waals surface area (Å²) < 4.78 is 0. The number of hydrogen-bond acceptors (Lipinski definition) is 7. The molecule has 1 saturated carbocycles. The Morgan fingerprint density at radius 2 is 1.94 bits per heavy atom. The average molecular weight is 473 g/mol. The van der Waals surface area contributed by atoms with Crippen molar-refractivity contribution in [1.82, 2.24) is 15.5 Å². The fourth-order valence-electron chi connectivity index (χ4n) is 3.56. The van der Waals surface area contributed by atoms with Crippen LogP contribution in [0.4, 0.5) is 5.13 Å². The van der Waals surface area contributed by atoms with E-state index >= 15 is 0 Å². The number of carbonyl (C=O) groups excluding carboxylic acids is 2. The van der Waals surface area contributed by atoms with Crippen LogP contribution in [0.5, 0.6) is 0 Å². The first-order valence-corrected chi connectivity index (χ1v) is 13.1. The number of amides is 2. The van der Waals surface area contributed by atoms with Crippen molar-refractivity contribution in [3.63, 3.8) is 0 Å². The van der Waals surface area contributed by atoms with Gasteiger partial charge in [-0.1, -0.05) is 42.7 Å². The van der Waals surface area contributed by atoms with E-state index in [2.05, 4.69) is 20.8 Å². The van der Waals surface area contributed by atoms with Crippen LogP contribution < -0.4 is 10.6 Å². The van der Waals surface area contributed by atoms with E-state index in [1.165, 1.54) is 55.2 Å². The van der Waals surface area contributed by atoms with Gasteiger partial charge in [-0.2, -0.15) is 11.3 Å². The van der Waals surface area contributed by atoms with Crippen LogP contribution in [0, 0.1) is 5.92 Å². The number of hydrogen-bond donors (Lipinski definition) is 2. The lowest BCUT2D eigenvalue weighted by molar-refractivity contribution is -0.118. The summed E-state index contributed by atoms with van der Waals surface area (Å²) in [6.07, 6.45) is 6.25. The molecule has 0 atom stereocenters. The van der Waals surface area contributed by atoms with Crippen LogP contribution in [-0.4, -0.2) is 34.3 Å². The summed E-state index contributed by atoms with van der Waals surface area (Å²) in [5.41, 5.74) is 1.53. The zero-order valence-electron chi connectivity index (χ0n) is 17.0. The van der Waals surface area contributed by atoms with Gasteiger partial charge in [0.1, 0.15) is 5.01 Å². The van der Waals surface area contributed by atoms with Crippen LogP contribution in [0.15, 0.2) is 46.0 Å². The molecule has 162 valence electrons. The Hall–Kier alpha value is -2.23. The van der Waals surface area contributed by atoms with Gasteiger partial charge in [0.05, 0.1) is 11.3 Å². The summed E-state index contributed by atoms with van der Waals surface area (Å²) in [4.78, 5) is 25.9. The molecule has 0 bridgehead atoms. The zero-order chi connectivity index (χ0) is 21.5. The normalized spacial score (nSPS) is 14.3. The molecule has 2 aromatic heterocycles. The van der Waals surface area contributed by atoms with E-state index in [9.17, 15) is 9.59 Å². The van der Waals surface area contributed by atoms with Crippen molar-refractivity contribution >= 4 is 51.4 Å². The van der Waals surface area contributed by atoms with Gasteiger partial charge in [0.15, 0.2) is 0 Å². The van der Waals surface area contributed by atoms with Gasteiger partial charge in [-0.05, 0) is 42.3 Å². The zero-order valence-corrected chi connectivity index (χ0v) is 19.5. The molecule has 0 spiro atoms. The number of thioether (sulfide) groups is 1. The fraction of sp³-hybridized carbons (Fsp3) is 0.364. The number of nitrogens with zero attached hydrogens (tertiary/aromatic N) is 2. The Morgan fingerprint density at radius 3 is 2.74 bits per heavy atom. The van der Waals surface area contributed by atoms with Crippen molar-refractivity contribution in [3.05, 3.63) is 46.7 Å². The number of thiophene rings is 1. The maximum absolute atomic E-state index is 12.8. The minimum Gasteiger partial charge on any atom is -0.355 e. The first-order valence-electron chi connectivity index (χ1n) is 10.3. The van der Waals surface area contributed by atoms with Crippen molar-refractivity contribution in [2.24, 2.45) is 5.92 Å². The van der Waals surface area contributed by atoms with Crippen LogP contribution in [0.2, 0.25) is 0 Å². The second-order valence-electron chi connectivity index (χ2n) is 7.47. The van der Waals surface area contributed by atoms with Crippen LogP contribution in [0.3, 0.4) is 0 Å². The molecule has 0 unspecified atom stereocenters. The molecule has 0 saturated heterocycles. The van der Waals surface area contributed by atoms with E-state index < -0.39 is 0 Å². The second kappa shape index (κ2) is 10.9. The Bertz CT molecular complexity index is 1010. The molecule has 2 heterocycles. The highest BCUT2D eigenvalue weighted by atomic mass is 32.2. The van der Waals surface area contributed by atoms with Crippen molar-refractivity contribution < 1.29 is 9.59 Å². The lowest BCUT2D eigenvalue weighted by Crippen LogP contribution is -2.31. The Morgan fingerprint density at radius 1 is 1.10 bits per heavy atom. The van der Waals surface area contributed by atoms with Crippen molar-refractivity contribution in [2.75, 3.05) is 17.6 Å². The number of benzene rings is 1. The standard InChI is InChI=1S/C22H24N4O2S3/c27-19(23-12-15-6-2-1-3-7-15)14-30-18-9-5-4-8-17(18)20(28)24-22-26-25-21(31-22)16-10-11-29-13-16/h4-5,8-11,13,15H,1-3,6-7,12,14H2,(H,23,27)(H,24,26,28). The first kappa shape index (κ1) is 22.0. The highest BCUT2D eigenvalue weighted by molar-refractivity contribution is 8.00. The lowest BCUT2D eigenvalue weighted by atomic mass is 9.89. The van der Waals surface area contributed by atoms with Gasteiger partial charge in [-0.3, -0.25) is 14.9 Å². The minimum atomic E-state index is -0.251. The summed E-state index contributed by atoms with van der Waals surface area (Å²) in [6, 6.07) is 9.29. The average Bonchev–Trinajstić information content (AvgIpc) is 3.49. The molecule has 3 aromatic rings. The van der Waals surface area contributed by atoms with Gasteiger partial charge in [0.2, 0.25) is 11.0 Å². The molecule has 0 radical (unpaired) electrons. The number of anilines is 1. The van der Waals surface area contributed by atoms with Crippen LogP contribution in [-0.2, 0) is 4.79 Å². The molecule has 9 heteroatoms. The maximum atomic E-state index is 12.8. The Labute approximate surface area is 193 Å². The third-order valence-electron chi connectivity index (χ3n) is 5.22. The molecule has 2 N–H and O–H groups in total. The summed E-state index contributed by atoms with van der Waals surface area (Å²) in [7, 11) is 0. The van der Waals surface area contributed by atoms with Crippen molar-refractivity contribution in [1.29, 1.82) is 0 Å². The van der Waals surface area contributed by atoms with Gasteiger partial charge in [-0.15, -0.1) is 22.0 Å². The highest BCUT2D eigenvalue weighted by Crippen LogP contribution is 2.29. The maximum Gasteiger partial charge on any atom is 0.258 e. The fourth-order valence-corrected chi connectivity index (χ4v) is 5.89. The number of rotatable bonds is 8. The Kier molecular flexibility index (Phi) is 7.71. The topological polar surface area (TPSA) is 84.0 Å². The van der Waals surface area contributed by atoms with E-state index in [0.717, 1.165) is 22.0 Å². The number of aromatic nitrogens is 2. The molecule has 1 aliphatic rings. The largest absolute Gasteiger partial charge is 0.355 e. The van der Waals surface area contributed by atoms with Crippen LogP contribution >= 0.6 is 34.4 Å². The highest BCUT2D eigenvalue weighted by Gasteiger charge is 2.17. The molecule has 1 fully saturated rings. The molecular weight excluding hydrogens is 448 g/mol. The van der Waals surface area contributed by atoms with E-state index in [-0.39, 0.29) is 17.6 Å². The van der Waals surface area contributed by atoms with Crippen LogP contribution in [0.25, 0.3) is 10.6 Å². The summed E-state index contributed by atoms with van der Waals surface area (Å²) in [6.45, 7) is 0.755. The molecule has 1 aromatic carbocycles. The molecule has 4 rings (SSSR count). The molecule has 1 aliphatic carbocycles. The SMILES string of the molecule is O=C(CSc1ccccc1C(=O)Nc1nnc(-c2ccsc2)s1)NCC1CCCCC1. The van der Waals surface area contributed by atoms with E-state index in [0.29, 0.717) is 16.6 Å². The van der Waals surface area contributed by atoms with Gasteiger partial charge in [0, 0.05) is 22.4 Å². The third-order valence-corrected chi connectivity index (χ3v) is 7.86. The summed E-state index contributed by atoms with van der Waals surface area (Å²) in [5, 5.41) is 19.3. The quantitative estimate of drug-likeness (QED) is 0.434. The van der Waals surface area contributed by atoms with E-state index in [1.807, 2.05) is 35.0 Å². The smallest absolute Gasteiger partial charge is 0.258 e. The van der Waals surface area contributed by atoms with E-state index in [1.54, 1.807) is 17.4 Å². The molecule has 0 aliphatic heterocycles. The van der Waals surface area contributed by atoms with E-state index in [4.69, 9.17) is 0 Å². The third kappa shape index (κ3) is 6.15. The predicted molar refractivity (Wildman–Crippen MR) is 128 cm³/mol. The van der Waals surface area contributed by atoms with Crippen molar-refractivity contribution in [3.8, 4) is 10.6 Å². The Balaban J connectivity index is 1.32. The molecular formula is C22H24N4O2S3. The summed E-state index contributed by atoms with van der Waals surface area (Å²) >= 11 is 4.31. The van der Waals surface area contributed by atoms with Gasteiger partial charge < -0.3 is 5.32 Å². The summed E-state index contributed by atoms with van der Waals surface area (Å²) in [5.74, 6) is 0.652. The lowest BCUT2D eigenvalue weighted by Gasteiger charge is -2.21. The monoisotopic (exact) mass is 472 g/mol. The van der Waals surface area contributed by atoms with Gasteiger partial charge in [0.25, 0.3) is 5.91 Å². The van der Waals surface area contributed by atoms with Gasteiger partial charge >= 0.3 is 0 Å².